The number of amides is 1. The first-order valence-corrected chi connectivity index (χ1v) is 10.5. The van der Waals surface area contributed by atoms with E-state index in [1.54, 1.807) is 10.7 Å². The van der Waals surface area contributed by atoms with Crippen LogP contribution < -0.4 is 10.6 Å². The number of benzene rings is 2. The van der Waals surface area contributed by atoms with Gasteiger partial charge in [-0.2, -0.15) is 5.10 Å². The van der Waals surface area contributed by atoms with Gasteiger partial charge >= 0.3 is 0 Å². The molecule has 1 aromatic heterocycles. The third-order valence-electron chi connectivity index (χ3n) is 5.36. The molecule has 158 valence electrons. The van der Waals surface area contributed by atoms with E-state index in [0.717, 1.165) is 48.2 Å². The maximum atomic E-state index is 12.4. The molecule has 31 heavy (non-hydrogen) atoms. The summed E-state index contributed by atoms with van der Waals surface area (Å²) in [4.78, 5) is 12.4. The molecule has 0 radical (unpaired) electrons. The average Bonchev–Trinajstić information content (AvgIpc) is 3.15. The van der Waals surface area contributed by atoms with Crippen LogP contribution in [0.1, 0.15) is 36.0 Å². The van der Waals surface area contributed by atoms with Crippen LogP contribution in [-0.2, 0) is 11.8 Å². The van der Waals surface area contributed by atoms with Crippen molar-refractivity contribution in [2.24, 2.45) is 7.05 Å². The fraction of sp³-hybridized carbons (Fsp3) is 0.280. The smallest absolute Gasteiger partial charge is 0.241 e. The number of phenolic OH excluding ortho intramolecular Hbond substituents is 1. The Morgan fingerprint density at radius 3 is 2.74 bits per heavy atom. The second-order valence-electron chi connectivity index (χ2n) is 7.90. The van der Waals surface area contributed by atoms with E-state index in [1.165, 1.54) is 0 Å². The summed E-state index contributed by atoms with van der Waals surface area (Å²) in [5.41, 5.74) is 4.69. The third kappa shape index (κ3) is 4.96. The van der Waals surface area contributed by atoms with Crippen molar-refractivity contribution >= 4 is 11.6 Å². The van der Waals surface area contributed by atoms with Crippen LogP contribution in [-0.4, -0.2) is 33.4 Å². The number of aryl methyl sites for hydroxylation is 2. The minimum absolute atomic E-state index is 0.0106. The summed E-state index contributed by atoms with van der Waals surface area (Å²) < 4.78 is 1.69. The number of aromatic hydroxyl groups is 1. The molecule has 2 aromatic carbocycles. The van der Waals surface area contributed by atoms with E-state index in [9.17, 15) is 9.90 Å². The Bertz CT molecular complexity index is 1150. The third-order valence-corrected chi connectivity index (χ3v) is 5.36. The molecule has 1 saturated heterocycles. The van der Waals surface area contributed by atoms with Crippen LogP contribution >= 0.6 is 0 Å². The van der Waals surface area contributed by atoms with E-state index >= 15 is 0 Å². The molecule has 1 aliphatic rings. The Labute approximate surface area is 182 Å². The molecule has 0 aliphatic carbocycles. The highest BCUT2D eigenvalue weighted by molar-refractivity contribution is 5.94. The van der Waals surface area contributed by atoms with E-state index in [2.05, 4.69) is 27.6 Å². The van der Waals surface area contributed by atoms with Crippen LogP contribution in [0.2, 0.25) is 0 Å². The van der Waals surface area contributed by atoms with Gasteiger partial charge in [0.1, 0.15) is 11.4 Å². The zero-order valence-corrected chi connectivity index (χ0v) is 17.8. The maximum Gasteiger partial charge on any atom is 0.241 e. The van der Waals surface area contributed by atoms with Crippen LogP contribution in [0.15, 0.2) is 48.7 Å². The first-order valence-electron chi connectivity index (χ1n) is 10.5. The lowest BCUT2D eigenvalue weighted by molar-refractivity contribution is -0.118. The minimum Gasteiger partial charge on any atom is -0.507 e. The molecule has 2 heterocycles. The first-order chi connectivity index (χ1) is 15.0. The lowest BCUT2D eigenvalue weighted by Gasteiger charge is -2.22. The number of nitrogens with one attached hydrogen (secondary N) is 2. The number of hydrogen-bond acceptors (Lipinski definition) is 4. The van der Waals surface area contributed by atoms with Gasteiger partial charge in [-0.3, -0.25) is 9.48 Å². The molecule has 6 nitrogen and oxygen atoms in total. The van der Waals surface area contributed by atoms with Crippen molar-refractivity contribution in [3.05, 3.63) is 65.4 Å². The van der Waals surface area contributed by atoms with Crippen molar-refractivity contribution in [3.8, 4) is 28.8 Å². The number of anilines is 1. The van der Waals surface area contributed by atoms with Gasteiger partial charge in [-0.1, -0.05) is 29.9 Å². The molecule has 6 heteroatoms. The Morgan fingerprint density at radius 1 is 1.19 bits per heavy atom. The second-order valence-corrected chi connectivity index (χ2v) is 7.90. The Balaban J connectivity index is 1.51. The van der Waals surface area contributed by atoms with Crippen molar-refractivity contribution in [1.82, 2.24) is 15.1 Å². The normalized spacial score (nSPS) is 15.7. The molecule has 0 saturated carbocycles. The summed E-state index contributed by atoms with van der Waals surface area (Å²) in [6.45, 7) is 2.87. The Kier molecular flexibility index (Phi) is 6.06. The molecule has 1 unspecified atom stereocenters. The SMILES string of the molecule is Cc1ccc(O)c(-c2nn(C)cc2C#Cc2ccc(NC(=O)C3CCCCN3)cc2)c1. The van der Waals surface area contributed by atoms with E-state index in [4.69, 9.17) is 0 Å². The average molecular weight is 415 g/mol. The second kappa shape index (κ2) is 9.07. The predicted molar refractivity (Wildman–Crippen MR) is 122 cm³/mol. The molecule has 1 atom stereocenters. The van der Waals surface area contributed by atoms with E-state index in [1.807, 2.05) is 56.6 Å². The highest BCUT2D eigenvalue weighted by Gasteiger charge is 2.20. The number of phenols is 1. The molecule has 3 aromatic rings. The number of aromatic nitrogens is 2. The van der Waals surface area contributed by atoms with Crippen LogP contribution in [0.25, 0.3) is 11.3 Å². The topological polar surface area (TPSA) is 79.2 Å². The van der Waals surface area contributed by atoms with Crippen LogP contribution in [0, 0.1) is 18.8 Å². The summed E-state index contributed by atoms with van der Waals surface area (Å²) in [5.74, 6) is 6.51. The Hall–Kier alpha value is -3.56. The lowest BCUT2D eigenvalue weighted by Crippen LogP contribution is -2.43. The van der Waals surface area contributed by atoms with Crippen molar-refractivity contribution in [2.45, 2.75) is 32.2 Å². The standard InChI is InChI=1S/C25H26N4O2/c1-17-6-13-23(30)21(15-17)24-19(16-29(2)28-24)10-7-18-8-11-20(12-9-18)27-25(31)22-5-3-4-14-26-22/h6,8-9,11-13,15-16,22,26,30H,3-5,14H2,1-2H3,(H,27,31). The fourth-order valence-electron chi connectivity index (χ4n) is 3.70. The van der Waals surface area contributed by atoms with Gasteiger partial charge in [-0.25, -0.2) is 0 Å². The largest absolute Gasteiger partial charge is 0.507 e. The number of piperidine rings is 1. The van der Waals surface area contributed by atoms with Crippen LogP contribution in [0.5, 0.6) is 5.75 Å². The van der Waals surface area contributed by atoms with Crippen molar-refractivity contribution < 1.29 is 9.90 Å². The molecular formula is C25H26N4O2. The number of carbonyl (C=O) groups excluding carboxylic acids is 1. The highest BCUT2D eigenvalue weighted by Crippen LogP contribution is 2.31. The van der Waals surface area contributed by atoms with E-state index < -0.39 is 0 Å². The molecule has 0 bridgehead atoms. The molecule has 0 spiro atoms. The molecule has 3 N–H and O–H groups in total. The summed E-state index contributed by atoms with van der Waals surface area (Å²) in [7, 11) is 1.83. The highest BCUT2D eigenvalue weighted by atomic mass is 16.3. The number of carbonyl (C=O) groups is 1. The van der Waals surface area contributed by atoms with Crippen molar-refractivity contribution in [2.75, 3.05) is 11.9 Å². The van der Waals surface area contributed by atoms with Gasteiger partial charge in [0, 0.05) is 30.1 Å². The fourth-order valence-corrected chi connectivity index (χ4v) is 3.70. The predicted octanol–water partition coefficient (Wildman–Crippen LogP) is 3.58. The number of nitrogens with zero attached hydrogens (tertiary/aromatic N) is 2. The van der Waals surface area contributed by atoms with Gasteiger partial charge in [0.25, 0.3) is 0 Å². The van der Waals surface area contributed by atoms with E-state index in [0.29, 0.717) is 11.3 Å². The van der Waals surface area contributed by atoms with Crippen molar-refractivity contribution in [3.63, 3.8) is 0 Å². The molecular weight excluding hydrogens is 388 g/mol. The summed E-state index contributed by atoms with van der Waals surface area (Å²) in [5, 5.41) is 21.0. The minimum atomic E-state index is -0.116. The van der Waals surface area contributed by atoms with Gasteiger partial charge in [-0.15, -0.1) is 0 Å². The lowest BCUT2D eigenvalue weighted by atomic mass is 10.0. The van der Waals surface area contributed by atoms with Gasteiger partial charge < -0.3 is 15.7 Å². The van der Waals surface area contributed by atoms with Crippen LogP contribution in [0.3, 0.4) is 0 Å². The van der Waals surface area contributed by atoms with Gasteiger partial charge in [-0.05, 0) is 62.7 Å². The number of rotatable bonds is 3. The van der Waals surface area contributed by atoms with Crippen LogP contribution in [0.4, 0.5) is 5.69 Å². The van der Waals surface area contributed by atoms with Gasteiger partial charge in [0.05, 0.1) is 11.6 Å². The summed E-state index contributed by atoms with van der Waals surface area (Å²) >= 11 is 0. The van der Waals surface area contributed by atoms with Gasteiger partial charge in [0.2, 0.25) is 5.91 Å². The summed E-state index contributed by atoms with van der Waals surface area (Å²) in [6, 6.07) is 12.8. The quantitative estimate of drug-likeness (QED) is 0.573. The molecule has 1 aliphatic heterocycles. The molecule has 4 rings (SSSR count). The van der Waals surface area contributed by atoms with E-state index in [-0.39, 0.29) is 17.7 Å². The zero-order chi connectivity index (χ0) is 21.8. The first kappa shape index (κ1) is 20.7. The molecule has 1 amide bonds. The zero-order valence-electron chi connectivity index (χ0n) is 17.8. The Morgan fingerprint density at radius 2 is 2.00 bits per heavy atom. The molecule has 1 fully saturated rings. The maximum absolute atomic E-state index is 12.4. The van der Waals surface area contributed by atoms with Crippen molar-refractivity contribution in [1.29, 1.82) is 0 Å². The monoisotopic (exact) mass is 414 g/mol. The summed E-state index contributed by atoms with van der Waals surface area (Å²) in [6.07, 6.45) is 4.92. The number of hydrogen-bond donors (Lipinski definition) is 3. The van der Waals surface area contributed by atoms with Gasteiger partial charge in [0.15, 0.2) is 0 Å².